The van der Waals surface area contributed by atoms with E-state index in [0.29, 0.717) is 24.2 Å². The Bertz CT molecular complexity index is 889. The van der Waals surface area contributed by atoms with Crippen molar-refractivity contribution in [3.05, 3.63) is 59.2 Å². The second kappa shape index (κ2) is 6.88. The molecule has 2 aromatic carbocycles. The van der Waals surface area contributed by atoms with Crippen LogP contribution in [0.15, 0.2) is 42.5 Å². The number of amides is 1. The van der Waals surface area contributed by atoms with Gasteiger partial charge < -0.3 is 5.32 Å². The second-order valence-electron chi connectivity index (χ2n) is 6.33. The van der Waals surface area contributed by atoms with Crippen LogP contribution in [0.3, 0.4) is 0 Å². The molecule has 25 heavy (non-hydrogen) atoms. The Labute approximate surface area is 148 Å². The van der Waals surface area contributed by atoms with Crippen molar-refractivity contribution >= 4 is 27.3 Å². The van der Waals surface area contributed by atoms with Crippen LogP contribution in [-0.4, -0.2) is 27.1 Å². The van der Waals surface area contributed by atoms with Gasteiger partial charge in [0.1, 0.15) is 0 Å². The maximum atomic E-state index is 12.5. The molecule has 1 amide bonds. The normalized spacial score (nSPS) is 13.6. The predicted octanol–water partition coefficient (Wildman–Crippen LogP) is 3.21. The molecular formula is C19H22N2O3S. The molecule has 1 aliphatic rings. The summed E-state index contributed by atoms with van der Waals surface area (Å²) < 4.78 is 24.9. The van der Waals surface area contributed by atoms with Crippen LogP contribution in [-0.2, 0) is 22.9 Å². The monoisotopic (exact) mass is 358 g/mol. The molecule has 0 saturated carbocycles. The summed E-state index contributed by atoms with van der Waals surface area (Å²) in [5, 5.41) is 2.89. The van der Waals surface area contributed by atoms with Crippen LogP contribution in [0.1, 0.15) is 34.8 Å². The number of fused-ring (bicyclic) bond motifs is 1. The van der Waals surface area contributed by atoms with Crippen LogP contribution in [0.4, 0.5) is 11.4 Å². The highest BCUT2D eigenvalue weighted by Crippen LogP contribution is 2.30. The third-order valence-electron chi connectivity index (χ3n) is 4.35. The van der Waals surface area contributed by atoms with E-state index in [-0.39, 0.29) is 5.91 Å². The van der Waals surface area contributed by atoms with Crippen LogP contribution in [0.25, 0.3) is 0 Å². The lowest BCUT2D eigenvalue weighted by Gasteiger charge is -2.16. The first-order valence-corrected chi connectivity index (χ1v) is 10.2. The summed E-state index contributed by atoms with van der Waals surface area (Å²) in [6, 6.07) is 13.0. The summed E-state index contributed by atoms with van der Waals surface area (Å²) in [7, 11) is -3.27. The van der Waals surface area contributed by atoms with Gasteiger partial charge in [-0.2, -0.15) is 0 Å². The molecule has 1 N–H and O–H groups in total. The molecule has 0 bridgehead atoms. The van der Waals surface area contributed by atoms with Gasteiger partial charge in [-0.25, -0.2) is 8.42 Å². The van der Waals surface area contributed by atoms with E-state index < -0.39 is 10.0 Å². The third kappa shape index (κ3) is 3.85. The number of hydrogen-bond donors (Lipinski definition) is 1. The fourth-order valence-corrected chi connectivity index (χ4v) is 4.06. The summed E-state index contributed by atoms with van der Waals surface area (Å²) in [6.45, 7) is 2.56. The predicted molar refractivity (Wildman–Crippen MR) is 101 cm³/mol. The molecule has 0 aromatic heterocycles. The van der Waals surface area contributed by atoms with Crippen LogP contribution >= 0.6 is 0 Å². The first-order valence-electron chi connectivity index (χ1n) is 8.39. The molecule has 5 nitrogen and oxygen atoms in total. The molecule has 1 heterocycles. The summed E-state index contributed by atoms with van der Waals surface area (Å²) in [6.07, 6.45) is 3.93. The van der Waals surface area contributed by atoms with Gasteiger partial charge >= 0.3 is 0 Å². The van der Waals surface area contributed by atoms with Crippen molar-refractivity contribution in [1.29, 1.82) is 0 Å². The number of carbonyl (C=O) groups excluding carboxylic acids is 1. The highest BCUT2D eigenvalue weighted by Gasteiger charge is 2.26. The minimum absolute atomic E-state index is 0.191. The van der Waals surface area contributed by atoms with Gasteiger partial charge in [0, 0.05) is 17.8 Å². The molecular weight excluding hydrogens is 336 g/mol. The SMILES string of the molecule is CCCc1ccc(NC(=O)c2ccc3c(c2)CCN3S(C)(=O)=O)cc1. The molecule has 0 aliphatic carbocycles. The molecule has 3 rings (SSSR count). The van der Waals surface area contributed by atoms with E-state index in [0.717, 1.165) is 24.1 Å². The average molecular weight is 358 g/mol. The van der Waals surface area contributed by atoms with Crippen LogP contribution in [0, 0.1) is 0 Å². The molecule has 0 spiro atoms. The average Bonchev–Trinajstić information content (AvgIpc) is 3.00. The zero-order valence-electron chi connectivity index (χ0n) is 14.5. The smallest absolute Gasteiger partial charge is 0.255 e. The highest BCUT2D eigenvalue weighted by molar-refractivity contribution is 7.92. The number of sulfonamides is 1. The lowest BCUT2D eigenvalue weighted by Crippen LogP contribution is -2.27. The van der Waals surface area contributed by atoms with Crippen molar-refractivity contribution in [2.45, 2.75) is 26.2 Å². The Balaban J connectivity index is 1.75. The quantitative estimate of drug-likeness (QED) is 0.892. The van der Waals surface area contributed by atoms with E-state index in [1.165, 1.54) is 16.1 Å². The topological polar surface area (TPSA) is 66.5 Å². The van der Waals surface area contributed by atoms with Crippen LogP contribution in [0.5, 0.6) is 0 Å². The second-order valence-corrected chi connectivity index (χ2v) is 8.24. The molecule has 1 aliphatic heterocycles. The zero-order valence-corrected chi connectivity index (χ0v) is 15.3. The number of anilines is 2. The van der Waals surface area contributed by atoms with E-state index in [2.05, 4.69) is 12.2 Å². The molecule has 6 heteroatoms. The van der Waals surface area contributed by atoms with E-state index in [9.17, 15) is 13.2 Å². The Morgan fingerprint density at radius 2 is 1.88 bits per heavy atom. The van der Waals surface area contributed by atoms with E-state index in [1.807, 2.05) is 24.3 Å². The summed E-state index contributed by atoms with van der Waals surface area (Å²) in [5.74, 6) is -0.191. The third-order valence-corrected chi connectivity index (χ3v) is 5.53. The van der Waals surface area contributed by atoms with Gasteiger partial charge in [-0.3, -0.25) is 9.10 Å². The van der Waals surface area contributed by atoms with Crippen molar-refractivity contribution in [2.24, 2.45) is 0 Å². The first kappa shape index (κ1) is 17.5. The van der Waals surface area contributed by atoms with Gasteiger partial charge in [0.15, 0.2) is 0 Å². The number of rotatable bonds is 5. The minimum atomic E-state index is -3.27. The Morgan fingerprint density at radius 1 is 1.16 bits per heavy atom. The lowest BCUT2D eigenvalue weighted by atomic mass is 10.1. The number of carbonyl (C=O) groups is 1. The number of nitrogens with one attached hydrogen (secondary N) is 1. The Hall–Kier alpha value is -2.34. The Morgan fingerprint density at radius 3 is 2.52 bits per heavy atom. The molecule has 0 radical (unpaired) electrons. The van der Waals surface area contributed by atoms with Gasteiger partial charge in [0.25, 0.3) is 5.91 Å². The zero-order chi connectivity index (χ0) is 18.0. The van der Waals surface area contributed by atoms with Gasteiger partial charge in [0.05, 0.1) is 11.9 Å². The molecule has 0 unspecified atom stereocenters. The largest absolute Gasteiger partial charge is 0.322 e. The van der Waals surface area contributed by atoms with Crippen molar-refractivity contribution in [2.75, 3.05) is 22.4 Å². The summed E-state index contributed by atoms with van der Waals surface area (Å²) in [5.41, 5.74) is 4.09. The Kier molecular flexibility index (Phi) is 4.81. The van der Waals surface area contributed by atoms with Crippen molar-refractivity contribution in [3.8, 4) is 0 Å². The molecule has 0 saturated heterocycles. The maximum Gasteiger partial charge on any atom is 0.255 e. The minimum Gasteiger partial charge on any atom is -0.322 e. The number of benzene rings is 2. The van der Waals surface area contributed by atoms with Crippen LogP contribution < -0.4 is 9.62 Å². The number of nitrogens with zero attached hydrogens (tertiary/aromatic N) is 1. The maximum absolute atomic E-state index is 12.5. The van der Waals surface area contributed by atoms with Gasteiger partial charge in [-0.15, -0.1) is 0 Å². The lowest BCUT2D eigenvalue weighted by molar-refractivity contribution is 0.102. The first-order chi connectivity index (χ1) is 11.9. The van der Waals surface area contributed by atoms with Gasteiger partial charge in [0.2, 0.25) is 10.0 Å². The van der Waals surface area contributed by atoms with Crippen molar-refractivity contribution in [1.82, 2.24) is 0 Å². The van der Waals surface area contributed by atoms with Crippen LogP contribution in [0.2, 0.25) is 0 Å². The molecule has 2 aromatic rings. The van der Waals surface area contributed by atoms with E-state index in [1.54, 1.807) is 18.2 Å². The fourth-order valence-electron chi connectivity index (χ4n) is 3.10. The molecule has 0 fully saturated rings. The fraction of sp³-hybridized carbons (Fsp3) is 0.316. The van der Waals surface area contributed by atoms with Crippen molar-refractivity contribution in [3.63, 3.8) is 0 Å². The standard InChI is InChI=1S/C19H22N2O3S/c1-3-4-14-5-8-17(9-6-14)20-19(22)16-7-10-18-15(13-16)11-12-21(18)25(2,23)24/h5-10,13H,3-4,11-12H2,1-2H3,(H,20,22). The number of aryl methyl sites for hydroxylation is 1. The molecule has 132 valence electrons. The molecule has 0 atom stereocenters. The summed E-state index contributed by atoms with van der Waals surface area (Å²) in [4.78, 5) is 12.5. The van der Waals surface area contributed by atoms with Crippen molar-refractivity contribution < 1.29 is 13.2 Å². The van der Waals surface area contributed by atoms with Gasteiger partial charge in [-0.1, -0.05) is 25.5 Å². The van der Waals surface area contributed by atoms with E-state index >= 15 is 0 Å². The highest BCUT2D eigenvalue weighted by atomic mass is 32.2. The summed E-state index contributed by atoms with van der Waals surface area (Å²) >= 11 is 0. The van der Waals surface area contributed by atoms with E-state index in [4.69, 9.17) is 0 Å². The number of hydrogen-bond acceptors (Lipinski definition) is 3. The van der Waals surface area contributed by atoms with Gasteiger partial charge in [-0.05, 0) is 54.3 Å².